The molecule has 11 heteroatoms. The quantitative estimate of drug-likeness (QED) is 0.748. The van der Waals surface area contributed by atoms with Crippen molar-refractivity contribution in [3.63, 3.8) is 0 Å². The SMILES string of the molecule is CC(C)NS(=O)(=O)c1ccc(NS(=O)(=O)c2cccc(C(F)(F)F)c2)cc1. The van der Waals surface area contributed by atoms with Crippen molar-refractivity contribution in [3.8, 4) is 0 Å². The number of alkyl halides is 3. The molecule has 0 amide bonds. The molecule has 0 spiro atoms. The van der Waals surface area contributed by atoms with E-state index in [1.165, 1.54) is 24.3 Å². The number of benzene rings is 2. The lowest BCUT2D eigenvalue weighted by Gasteiger charge is -2.12. The molecule has 0 unspecified atom stereocenters. The maximum atomic E-state index is 12.8. The fourth-order valence-electron chi connectivity index (χ4n) is 2.13. The third kappa shape index (κ3) is 5.44. The lowest BCUT2D eigenvalue weighted by atomic mass is 10.2. The third-order valence-electron chi connectivity index (χ3n) is 3.28. The second-order valence-corrected chi connectivity index (χ2v) is 9.33. The fraction of sp³-hybridized carbons (Fsp3) is 0.250. The van der Waals surface area contributed by atoms with Crippen molar-refractivity contribution >= 4 is 25.7 Å². The second kappa shape index (κ2) is 7.49. The summed E-state index contributed by atoms with van der Waals surface area (Å²) in [6.45, 7) is 3.30. The van der Waals surface area contributed by atoms with Gasteiger partial charge in [-0.05, 0) is 56.3 Å². The number of anilines is 1. The summed E-state index contributed by atoms with van der Waals surface area (Å²) in [5, 5.41) is 0. The first-order valence-electron chi connectivity index (χ1n) is 7.64. The van der Waals surface area contributed by atoms with E-state index in [1.54, 1.807) is 13.8 Å². The summed E-state index contributed by atoms with van der Waals surface area (Å²) in [5.41, 5.74) is -1.08. The molecule has 2 aromatic carbocycles. The van der Waals surface area contributed by atoms with Gasteiger partial charge in [0.2, 0.25) is 10.0 Å². The Kier molecular flexibility index (Phi) is 5.88. The van der Waals surface area contributed by atoms with Crippen molar-refractivity contribution in [1.82, 2.24) is 4.72 Å². The van der Waals surface area contributed by atoms with Crippen molar-refractivity contribution in [3.05, 3.63) is 54.1 Å². The predicted molar refractivity (Wildman–Crippen MR) is 94.2 cm³/mol. The zero-order valence-electron chi connectivity index (χ0n) is 14.3. The first-order valence-corrected chi connectivity index (χ1v) is 10.6. The summed E-state index contributed by atoms with van der Waals surface area (Å²) in [4.78, 5) is -0.631. The van der Waals surface area contributed by atoms with Gasteiger partial charge in [-0.2, -0.15) is 13.2 Å². The first kappa shape index (κ1) is 21.2. The second-order valence-electron chi connectivity index (χ2n) is 5.93. The molecular formula is C16H17F3N2O4S2. The van der Waals surface area contributed by atoms with Crippen molar-refractivity contribution in [1.29, 1.82) is 0 Å². The Labute approximate surface area is 155 Å². The Morgan fingerprint density at radius 3 is 1.96 bits per heavy atom. The van der Waals surface area contributed by atoms with Crippen LogP contribution in [0, 0.1) is 0 Å². The van der Waals surface area contributed by atoms with Crippen LogP contribution in [0.5, 0.6) is 0 Å². The predicted octanol–water partition coefficient (Wildman–Crippen LogP) is 3.19. The Hall–Kier alpha value is -2.11. The van der Waals surface area contributed by atoms with Crippen LogP contribution >= 0.6 is 0 Å². The Morgan fingerprint density at radius 2 is 1.44 bits per heavy atom. The summed E-state index contributed by atoms with van der Waals surface area (Å²) < 4.78 is 91.4. The molecule has 0 saturated carbocycles. The summed E-state index contributed by atoms with van der Waals surface area (Å²) in [5.74, 6) is 0. The first-order chi connectivity index (χ1) is 12.3. The molecule has 2 N–H and O–H groups in total. The van der Waals surface area contributed by atoms with E-state index in [1.807, 2.05) is 0 Å². The van der Waals surface area contributed by atoms with Gasteiger partial charge >= 0.3 is 6.18 Å². The van der Waals surface area contributed by atoms with Gasteiger partial charge in [0, 0.05) is 11.7 Å². The highest BCUT2D eigenvalue weighted by atomic mass is 32.2. The topological polar surface area (TPSA) is 92.3 Å². The summed E-state index contributed by atoms with van der Waals surface area (Å²) in [6, 6.07) is 7.78. The molecule has 0 radical (unpaired) electrons. The average Bonchev–Trinajstić information content (AvgIpc) is 2.53. The molecule has 6 nitrogen and oxygen atoms in total. The number of nitrogens with one attached hydrogen (secondary N) is 2. The van der Waals surface area contributed by atoms with Gasteiger partial charge in [-0.25, -0.2) is 21.6 Å². The molecule has 27 heavy (non-hydrogen) atoms. The standard InChI is InChI=1S/C16H17F3N2O4S2/c1-11(2)20-26(22,23)14-8-6-13(7-9-14)21-27(24,25)15-5-3-4-12(10-15)16(17,18)19/h3-11,20-21H,1-2H3. The summed E-state index contributed by atoms with van der Waals surface area (Å²) >= 11 is 0. The molecule has 0 heterocycles. The molecule has 2 rings (SSSR count). The smallest absolute Gasteiger partial charge is 0.280 e. The number of rotatable bonds is 6. The molecule has 0 aliphatic carbocycles. The summed E-state index contributed by atoms with van der Waals surface area (Å²) in [7, 11) is -8.02. The minimum atomic E-state index is -4.68. The van der Waals surface area contributed by atoms with Crippen LogP contribution < -0.4 is 9.44 Å². The van der Waals surface area contributed by atoms with Gasteiger partial charge in [0.25, 0.3) is 10.0 Å². The van der Waals surface area contributed by atoms with E-state index in [0.29, 0.717) is 6.07 Å². The van der Waals surface area contributed by atoms with Crippen LogP contribution in [0.1, 0.15) is 19.4 Å². The van der Waals surface area contributed by atoms with E-state index in [2.05, 4.69) is 9.44 Å². The Morgan fingerprint density at radius 1 is 0.852 bits per heavy atom. The van der Waals surface area contributed by atoms with Gasteiger partial charge in [0.1, 0.15) is 0 Å². The maximum absolute atomic E-state index is 12.8. The highest BCUT2D eigenvalue weighted by Gasteiger charge is 2.31. The molecule has 0 fully saturated rings. The molecule has 0 bridgehead atoms. The molecular weight excluding hydrogens is 405 g/mol. The molecule has 0 atom stereocenters. The van der Waals surface area contributed by atoms with Crippen LogP contribution in [0.2, 0.25) is 0 Å². The molecule has 148 valence electrons. The monoisotopic (exact) mass is 422 g/mol. The minimum Gasteiger partial charge on any atom is -0.280 e. The van der Waals surface area contributed by atoms with E-state index in [9.17, 15) is 30.0 Å². The van der Waals surface area contributed by atoms with E-state index in [-0.39, 0.29) is 16.6 Å². The summed E-state index contributed by atoms with van der Waals surface area (Å²) in [6.07, 6.45) is -4.68. The molecule has 0 aliphatic heterocycles. The lowest BCUT2D eigenvalue weighted by molar-refractivity contribution is -0.137. The number of halogens is 3. The zero-order valence-corrected chi connectivity index (χ0v) is 15.9. The largest absolute Gasteiger partial charge is 0.416 e. The zero-order chi connectivity index (χ0) is 20.5. The number of sulfonamides is 2. The minimum absolute atomic E-state index is 0.0101. The van der Waals surface area contributed by atoms with Gasteiger partial charge in [-0.3, -0.25) is 4.72 Å². The average molecular weight is 422 g/mol. The Bertz CT molecular complexity index is 1020. The van der Waals surface area contributed by atoms with Crippen molar-refractivity contribution < 1.29 is 30.0 Å². The lowest BCUT2D eigenvalue weighted by Crippen LogP contribution is -2.30. The van der Waals surface area contributed by atoms with Gasteiger partial charge in [-0.1, -0.05) is 6.07 Å². The van der Waals surface area contributed by atoms with Gasteiger partial charge < -0.3 is 0 Å². The molecule has 0 aromatic heterocycles. The van der Waals surface area contributed by atoms with Crippen LogP contribution in [0.4, 0.5) is 18.9 Å². The van der Waals surface area contributed by atoms with E-state index < -0.39 is 36.7 Å². The highest BCUT2D eigenvalue weighted by molar-refractivity contribution is 7.92. The van der Waals surface area contributed by atoms with Crippen molar-refractivity contribution in [2.75, 3.05) is 4.72 Å². The Balaban J connectivity index is 2.26. The van der Waals surface area contributed by atoms with Crippen LogP contribution in [0.25, 0.3) is 0 Å². The molecule has 2 aromatic rings. The van der Waals surface area contributed by atoms with Gasteiger partial charge in [0.15, 0.2) is 0 Å². The van der Waals surface area contributed by atoms with Gasteiger partial charge in [0.05, 0.1) is 15.4 Å². The number of hydrogen-bond donors (Lipinski definition) is 2. The van der Waals surface area contributed by atoms with Crippen LogP contribution in [0.3, 0.4) is 0 Å². The van der Waals surface area contributed by atoms with Crippen LogP contribution in [-0.4, -0.2) is 22.9 Å². The van der Waals surface area contributed by atoms with Crippen LogP contribution in [-0.2, 0) is 26.2 Å². The van der Waals surface area contributed by atoms with E-state index >= 15 is 0 Å². The highest BCUT2D eigenvalue weighted by Crippen LogP contribution is 2.31. The van der Waals surface area contributed by atoms with Crippen molar-refractivity contribution in [2.24, 2.45) is 0 Å². The van der Waals surface area contributed by atoms with Crippen LogP contribution in [0.15, 0.2) is 58.3 Å². The van der Waals surface area contributed by atoms with E-state index in [0.717, 1.165) is 18.2 Å². The van der Waals surface area contributed by atoms with Gasteiger partial charge in [-0.15, -0.1) is 0 Å². The number of hydrogen-bond acceptors (Lipinski definition) is 4. The molecule has 0 saturated heterocycles. The third-order valence-corrected chi connectivity index (χ3v) is 6.33. The molecule has 0 aliphatic rings. The van der Waals surface area contributed by atoms with E-state index in [4.69, 9.17) is 0 Å². The maximum Gasteiger partial charge on any atom is 0.416 e. The fourth-order valence-corrected chi connectivity index (χ4v) is 4.49. The normalized spacial score (nSPS) is 13.0. The van der Waals surface area contributed by atoms with Crippen molar-refractivity contribution in [2.45, 2.75) is 35.9 Å².